The fraction of sp³-hybridized carbons (Fsp3) is 0.211. The van der Waals surface area contributed by atoms with Crippen LogP contribution in [0.15, 0.2) is 42.5 Å². The summed E-state index contributed by atoms with van der Waals surface area (Å²) in [4.78, 5) is 35.6. The Hall–Kier alpha value is -3.16. The molecule has 1 N–H and O–H groups in total. The normalized spacial score (nSPS) is 11.6. The molecule has 2 aromatic rings. The topological polar surface area (TPSA) is 72.5 Å². The number of carbonyl (C=O) groups is 3. The molecule has 0 aliphatic heterocycles. The second-order valence-electron chi connectivity index (χ2n) is 5.63. The largest absolute Gasteiger partial charge is 0.453 e. The summed E-state index contributed by atoms with van der Waals surface area (Å²) in [6, 6.07) is 9.85. The lowest BCUT2D eigenvalue weighted by atomic mass is 10.1. The Morgan fingerprint density at radius 3 is 2.30 bits per heavy atom. The van der Waals surface area contributed by atoms with Gasteiger partial charge in [0.2, 0.25) is 0 Å². The molecular weight excluding hydrogens is 363 g/mol. The molecular formula is C19H16F3NO4. The molecule has 0 radical (unpaired) electrons. The van der Waals surface area contributed by atoms with Crippen LogP contribution in [0.2, 0.25) is 0 Å². The summed E-state index contributed by atoms with van der Waals surface area (Å²) in [5.41, 5.74) is -0.133. The zero-order chi connectivity index (χ0) is 20.0. The van der Waals surface area contributed by atoms with Crippen molar-refractivity contribution in [3.05, 3.63) is 65.5 Å². The van der Waals surface area contributed by atoms with Gasteiger partial charge in [-0.15, -0.1) is 0 Å². The number of hydrogen-bond acceptors (Lipinski definition) is 4. The average molecular weight is 379 g/mol. The molecule has 8 heteroatoms. The van der Waals surface area contributed by atoms with Crippen molar-refractivity contribution >= 4 is 23.3 Å². The molecule has 0 fully saturated rings. The zero-order valence-corrected chi connectivity index (χ0v) is 14.3. The predicted molar refractivity (Wildman–Crippen MR) is 90.5 cm³/mol. The lowest BCUT2D eigenvalue weighted by Crippen LogP contribution is -2.30. The molecule has 0 aromatic heterocycles. The molecule has 5 nitrogen and oxygen atoms in total. The highest BCUT2D eigenvalue weighted by Crippen LogP contribution is 2.20. The van der Waals surface area contributed by atoms with E-state index in [-0.39, 0.29) is 18.6 Å². The summed E-state index contributed by atoms with van der Waals surface area (Å²) in [6.07, 6.45) is -1.67. The number of rotatable bonds is 7. The van der Waals surface area contributed by atoms with Crippen molar-refractivity contribution in [1.29, 1.82) is 0 Å². The fourth-order valence-corrected chi connectivity index (χ4v) is 2.15. The maximum Gasteiger partial charge on any atom is 0.307 e. The van der Waals surface area contributed by atoms with Crippen molar-refractivity contribution in [3.8, 4) is 0 Å². The SMILES string of the molecule is C[C@@H](OC(=O)CCC(=O)c1ccccc1)C(=O)Nc1ccc(F)c(F)c1F. The van der Waals surface area contributed by atoms with Gasteiger partial charge in [-0.3, -0.25) is 14.4 Å². The minimum absolute atomic E-state index is 0.102. The van der Waals surface area contributed by atoms with Gasteiger partial charge >= 0.3 is 5.97 Å². The number of Topliss-reactive ketones (excluding diaryl/α,β-unsaturated/α-hetero) is 1. The van der Waals surface area contributed by atoms with Gasteiger partial charge in [0.15, 0.2) is 29.3 Å². The first-order valence-corrected chi connectivity index (χ1v) is 8.01. The van der Waals surface area contributed by atoms with Crippen LogP contribution in [0.5, 0.6) is 0 Å². The van der Waals surface area contributed by atoms with Gasteiger partial charge in [-0.05, 0) is 19.1 Å². The van der Waals surface area contributed by atoms with Crippen molar-refractivity contribution in [2.24, 2.45) is 0 Å². The Bertz CT molecular complexity index is 856. The first-order valence-electron chi connectivity index (χ1n) is 8.01. The van der Waals surface area contributed by atoms with Crippen LogP contribution >= 0.6 is 0 Å². The number of amides is 1. The molecule has 0 bridgehead atoms. The highest BCUT2D eigenvalue weighted by molar-refractivity contribution is 5.98. The fourth-order valence-electron chi connectivity index (χ4n) is 2.15. The minimum Gasteiger partial charge on any atom is -0.453 e. The second kappa shape index (κ2) is 8.98. The molecule has 0 aliphatic carbocycles. The number of ether oxygens (including phenoxy) is 1. The first-order chi connectivity index (χ1) is 12.8. The third-order valence-electron chi connectivity index (χ3n) is 3.62. The Morgan fingerprint density at radius 2 is 1.63 bits per heavy atom. The van der Waals surface area contributed by atoms with Crippen molar-refractivity contribution in [1.82, 2.24) is 0 Å². The molecule has 1 atom stereocenters. The third-order valence-corrected chi connectivity index (χ3v) is 3.62. The highest BCUT2D eigenvalue weighted by Gasteiger charge is 2.21. The van der Waals surface area contributed by atoms with Gasteiger partial charge in [0.25, 0.3) is 5.91 Å². The maximum absolute atomic E-state index is 13.5. The molecule has 2 aromatic carbocycles. The summed E-state index contributed by atoms with van der Waals surface area (Å²) in [7, 11) is 0. The third kappa shape index (κ3) is 5.40. The number of nitrogens with one attached hydrogen (secondary N) is 1. The number of ketones is 1. The van der Waals surface area contributed by atoms with Crippen LogP contribution in [0.3, 0.4) is 0 Å². The van der Waals surface area contributed by atoms with Crippen molar-refractivity contribution in [2.45, 2.75) is 25.9 Å². The lowest BCUT2D eigenvalue weighted by molar-refractivity contribution is -0.153. The van der Waals surface area contributed by atoms with E-state index in [1.165, 1.54) is 6.92 Å². The summed E-state index contributed by atoms with van der Waals surface area (Å²) >= 11 is 0. The van der Waals surface area contributed by atoms with E-state index in [0.29, 0.717) is 11.6 Å². The molecule has 0 unspecified atom stereocenters. The van der Waals surface area contributed by atoms with Crippen LogP contribution in [0, 0.1) is 17.5 Å². The van der Waals surface area contributed by atoms with Crippen LogP contribution in [0.25, 0.3) is 0 Å². The van der Waals surface area contributed by atoms with E-state index in [4.69, 9.17) is 4.74 Å². The summed E-state index contributed by atoms with van der Waals surface area (Å²) in [5.74, 6) is -6.66. The van der Waals surface area contributed by atoms with Crippen LogP contribution < -0.4 is 5.32 Å². The highest BCUT2D eigenvalue weighted by atomic mass is 19.2. The number of hydrogen-bond donors (Lipinski definition) is 1. The Kier molecular flexibility index (Phi) is 6.70. The van der Waals surface area contributed by atoms with E-state index in [9.17, 15) is 27.6 Å². The van der Waals surface area contributed by atoms with Crippen molar-refractivity contribution in [2.75, 3.05) is 5.32 Å². The van der Waals surface area contributed by atoms with E-state index < -0.39 is 41.1 Å². The quantitative estimate of drug-likeness (QED) is 0.453. The van der Waals surface area contributed by atoms with Crippen LogP contribution in [0.4, 0.5) is 18.9 Å². The smallest absolute Gasteiger partial charge is 0.307 e. The van der Waals surface area contributed by atoms with Crippen molar-refractivity contribution in [3.63, 3.8) is 0 Å². The van der Waals surface area contributed by atoms with E-state index in [0.717, 1.165) is 6.07 Å². The molecule has 2 rings (SSSR count). The average Bonchev–Trinajstić information content (AvgIpc) is 2.67. The van der Waals surface area contributed by atoms with Gasteiger partial charge in [-0.25, -0.2) is 13.2 Å². The summed E-state index contributed by atoms with van der Waals surface area (Å²) in [6.45, 7) is 1.23. The van der Waals surface area contributed by atoms with Gasteiger partial charge in [-0.1, -0.05) is 30.3 Å². The molecule has 0 aliphatic rings. The number of anilines is 1. The Labute approximate surface area is 153 Å². The maximum atomic E-state index is 13.5. The van der Waals surface area contributed by atoms with Gasteiger partial charge in [0.1, 0.15) is 0 Å². The first kappa shape index (κ1) is 20.2. The molecule has 1 amide bonds. The Morgan fingerprint density at radius 1 is 0.963 bits per heavy atom. The van der Waals surface area contributed by atoms with E-state index in [1.54, 1.807) is 30.3 Å². The lowest BCUT2D eigenvalue weighted by Gasteiger charge is -2.14. The van der Waals surface area contributed by atoms with Crippen LogP contribution in [-0.4, -0.2) is 23.8 Å². The number of halogens is 3. The summed E-state index contributed by atoms with van der Waals surface area (Å²) < 4.78 is 44.4. The molecule has 0 heterocycles. The minimum atomic E-state index is -1.73. The Balaban J connectivity index is 1.86. The standard InChI is InChI=1S/C19H16F3NO4/c1-11(19(26)23-14-8-7-13(20)17(21)18(14)22)27-16(25)10-9-15(24)12-5-3-2-4-6-12/h2-8,11H,9-10H2,1H3,(H,23,26)/t11-/m1/s1. The van der Waals surface area contributed by atoms with Crippen molar-refractivity contribution < 1.29 is 32.3 Å². The number of carbonyl (C=O) groups excluding carboxylic acids is 3. The van der Waals surface area contributed by atoms with E-state index in [2.05, 4.69) is 0 Å². The van der Waals surface area contributed by atoms with Crippen LogP contribution in [-0.2, 0) is 14.3 Å². The van der Waals surface area contributed by atoms with Gasteiger partial charge < -0.3 is 10.1 Å². The van der Waals surface area contributed by atoms with E-state index in [1.807, 2.05) is 5.32 Å². The molecule has 0 saturated carbocycles. The zero-order valence-electron chi connectivity index (χ0n) is 14.3. The van der Waals surface area contributed by atoms with Gasteiger partial charge in [-0.2, -0.15) is 0 Å². The number of esters is 1. The predicted octanol–water partition coefficient (Wildman–Crippen LogP) is 3.64. The van der Waals surface area contributed by atoms with Gasteiger partial charge in [0, 0.05) is 12.0 Å². The van der Waals surface area contributed by atoms with E-state index >= 15 is 0 Å². The molecule has 27 heavy (non-hydrogen) atoms. The molecule has 0 saturated heterocycles. The summed E-state index contributed by atoms with van der Waals surface area (Å²) in [5, 5.41) is 2.01. The monoisotopic (exact) mass is 379 g/mol. The number of benzene rings is 2. The van der Waals surface area contributed by atoms with Crippen LogP contribution in [0.1, 0.15) is 30.1 Å². The molecule has 142 valence electrons. The second-order valence-corrected chi connectivity index (χ2v) is 5.63. The molecule has 0 spiro atoms. The van der Waals surface area contributed by atoms with Gasteiger partial charge in [0.05, 0.1) is 12.1 Å².